The third-order valence-corrected chi connectivity index (χ3v) is 4.48. The summed E-state index contributed by atoms with van der Waals surface area (Å²) in [5.74, 6) is -0.147. The molecule has 0 saturated heterocycles. The Morgan fingerprint density at radius 2 is 2.10 bits per heavy atom. The van der Waals surface area contributed by atoms with E-state index in [1.807, 2.05) is 23.0 Å². The van der Waals surface area contributed by atoms with E-state index in [2.05, 4.69) is 18.9 Å². The number of hydrogen-bond donors (Lipinski definition) is 1. The first-order valence-electron chi connectivity index (χ1n) is 7.14. The van der Waals surface area contributed by atoms with E-state index in [1.54, 1.807) is 30.0 Å². The van der Waals surface area contributed by atoms with Gasteiger partial charge in [0, 0.05) is 16.8 Å². The SMILES string of the molecule is CCC(CC)n1ccc(CSc2cccc(C(=O)O)c2)n1. The minimum Gasteiger partial charge on any atom is -0.478 e. The third-order valence-electron chi connectivity index (χ3n) is 3.45. The van der Waals surface area contributed by atoms with Crippen LogP contribution in [0.5, 0.6) is 0 Å². The molecule has 1 aromatic carbocycles. The van der Waals surface area contributed by atoms with Crippen molar-refractivity contribution in [3.8, 4) is 0 Å². The summed E-state index contributed by atoms with van der Waals surface area (Å²) in [4.78, 5) is 11.9. The summed E-state index contributed by atoms with van der Waals surface area (Å²) in [5, 5.41) is 13.6. The molecular weight excluding hydrogens is 284 g/mol. The Bertz CT molecular complexity index is 606. The lowest BCUT2D eigenvalue weighted by molar-refractivity contribution is 0.0696. The molecule has 4 nitrogen and oxygen atoms in total. The van der Waals surface area contributed by atoms with Crippen LogP contribution in [0.3, 0.4) is 0 Å². The zero-order valence-electron chi connectivity index (χ0n) is 12.3. The predicted molar refractivity (Wildman–Crippen MR) is 84.8 cm³/mol. The molecule has 1 N–H and O–H groups in total. The number of aromatic carboxylic acids is 1. The van der Waals surface area contributed by atoms with Crippen molar-refractivity contribution in [1.82, 2.24) is 9.78 Å². The van der Waals surface area contributed by atoms with Crippen LogP contribution in [0.2, 0.25) is 0 Å². The van der Waals surface area contributed by atoms with Crippen molar-refractivity contribution < 1.29 is 9.90 Å². The average Bonchev–Trinajstić information content (AvgIpc) is 2.95. The van der Waals surface area contributed by atoms with Gasteiger partial charge in [0.25, 0.3) is 0 Å². The number of aromatic nitrogens is 2. The molecule has 0 fully saturated rings. The van der Waals surface area contributed by atoms with Gasteiger partial charge in [-0.15, -0.1) is 11.8 Å². The van der Waals surface area contributed by atoms with Gasteiger partial charge in [0.15, 0.2) is 0 Å². The van der Waals surface area contributed by atoms with Gasteiger partial charge in [0.05, 0.1) is 17.3 Å². The van der Waals surface area contributed by atoms with E-state index in [0.717, 1.165) is 29.2 Å². The summed E-state index contributed by atoms with van der Waals surface area (Å²) in [6, 6.07) is 9.49. The highest BCUT2D eigenvalue weighted by atomic mass is 32.2. The molecule has 0 spiro atoms. The van der Waals surface area contributed by atoms with E-state index in [1.165, 1.54) is 0 Å². The summed E-state index contributed by atoms with van der Waals surface area (Å²) >= 11 is 1.61. The van der Waals surface area contributed by atoms with Crippen molar-refractivity contribution in [2.75, 3.05) is 0 Å². The van der Waals surface area contributed by atoms with Gasteiger partial charge in [-0.1, -0.05) is 19.9 Å². The fourth-order valence-corrected chi connectivity index (χ4v) is 3.05. The minimum absolute atomic E-state index is 0.322. The van der Waals surface area contributed by atoms with E-state index >= 15 is 0 Å². The van der Waals surface area contributed by atoms with Gasteiger partial charge in [-0.2, -0.15) is 5.10 Å². The van der Waals surface area contributed by atoms with Crippen LogP contribution >= 0.6 is 11.8 Å². The van der Waals surface area contributed by atoms with Crippen molar-refractivity contribution >= 4 is 17.7 Å². The van der Waals surface area contributed by atoms with Crippen molar-refractivity contribution in [3.63, 3.8) is 0 Å². The van der Waals surface area contributed by atoms with Crippen LogP contribution in [0, 0.1) is 0 Å². The minimum atomic E-state index is -0.893. The molecule has 112 valence electrons. The van der Waals surface area contributed by atoms with Crippen molar-refractivity contribution in [2.24, 2.45) is 0 Å². The summed E-state index contributed by atoms with van der Waals surface area (Å²) in [5.41, 5.74) is 1.34. The number of rotatable bonds is 7. The third kappa shape index (κ3) is 4.11. The Hall–Kier alpha value is -1.75. The normalized spacial score (nSPS) is 11.0. The van der Waals surface area contributed by atoms with Crippen LogP contribution in [0.15, 0.2) is 41.4 Å². The van der Waals surface area contributed by atoms with Gasteiger partial charge >= 0.3 is 5.97 Å². The quantitative estimate of drug-likeness (QED) is 0.778. The second-order valence-electron chi connectivity index (χ2n) is 4.88. The van der Waals surface area contributed by atoms with Gasteiger partial charge in [0.1, 0.15) is 0 Å². The van der Waals surface area contributed by atoms with Gasteiger partial charge in [-0.3, -0.25) is 4.68 Å². The lowest BCUT2D eigenvalue weighted by Gasteiger charge is -2.12. The zero-order valence-corrected chi connectivity index (χ0v) is 13.1. The van der Waals surface area contributed by atoms with Gasteiger partial charge in [-0.05, 0) is 37.1 Å². The molecule has 1 aromatic heterocycles. The van der Waals surface area contributed by atoms with E-state index in [9.17, 15) is 4.79 Å². The Morgan fingerprint density at radius 3 is 2.76 bits per heavy atom. The first kappa shape index (κ1) is 15.6. The first-order valence-corrected chi connectivity index (χ1v) is 8.12. The summed E-state index contributed by atoms with van der Waals surface area (Å²) in [7, 11) is 0. The van der Waals surface area contributed by atoms with Gasteiger partial charge in [-0.25, -0.2) is 4.79 Å². The lowest BCUT2D eigenvalue weighted by Crippen LogP contribution is -2.07. The van der Waals surface area contributed by atoms with Crippen LogP contribution in [0.4, 0.5) is 0 Å². The van der Waals surface area contributed by atoms with Crippen molar-refractivity contribution in [1.29, 1.82) is 0 Å². The second kappa shape index (κ2) is 7.31. The molecular formula is C16H20N2O2S. The molecule has 5 heteroatoms. The predicted octanol–water partition coefficient (Wildman–Crippen LogP) is 4.23. The number of benzene rings is 1. The molecule has 2 aromatic rings. The van der Waals surface area contributed by atoms with Gasteiger partial charge in [0.2, 0.25) is 0 Å². The topological polar surface area (TPSA) is 55.1 Å². The van der Waals surface area contributed by atoms with Crippen LogP contribution in [0.1, 0.15) is 48.8 Å². The molecule has 21 heavy (non-hydrogen) atoms. The molecule has 0 aliphatic heterocycles. The zero-order chi connectivity index (χ0) is 15.2. The number of carbonyl (C=O) groups is 1. The average molecular weight is 304 g/mol. The summed E-state index contributed by atoms with van der Waals surface area (Å²) in [6.07, 6.45) is 4.18. The Kier molecular flexibility index (Phi) is 5.44. The number of nitrogens with zero attached hydrogens (tertiary/aromatic N) is 2. The molecule has 0 bridgehead atoms. The second-order valence-corrected chi connectivity index (χ2v) is 5.93. The van der Waals surface area contributed by atoms with Crippen LogP contribution in [0.25, 0.3) is 0 Å². The monoisotopic (exact) mass is 304 g/mol. The van der Waals surface area contributed by atoms with E-state index in [0.29, 0.717) is 11.6 Å². The number of carboxylic acids is 1. The molecule has 2 rings (SSSR count). The summed E-state index contributed by atoms with van der Waals surface area (Å²) in [6.45, 7) is 4.34. The van der Waals surface area contributed by atoms with Crippen LogP contribution < -0.4 is 0 Å². The molecule has 0 saturated carbocycles. The molecule has 0 aliphatic carbocycles. The standard InChI is InChI=1S/C16H20N2O2S/c1-3-14(4-2)18-9-8-13(17-18)11-21-15-7-5-6-12(10-15)16(19)20/h5-10,14H,3-4,11H2,1-2H3,(H,19,20). The highest BCUT2D eigenvalue weighted by Crippen LogP contribution is 2.24. The van der Waals surface area contributed by atoms with E-state index < -0.39 is 5.97 Å². The molecule has 0 aliphatic rings. The highest BCUT2D eigenvalue weighted by molar-refractivity contribution is 7.98. The lowest BCUT2D eigenvalue weighted by atomic mass is 10.2. The van der Waals surface area contributed by atoms with Gasteiger partial charge < -0.3 is 5.11 Å². The van der Waals surface area contributed by atoms with Crippen molar-refractivity contribution in [3.05, 3.63) is 47.8 Å². The Balaban J connectivity index is 2.00. The fraction of sp³-hybridized carbons (Fsp3) is 0.375. The smallest absolute Gasteiger partial charge is 0.335 e. The fourth-order valence-electron chi connectivity index (χ4n) is 2.20. The maximum atomic E-state index is 10.9. The molecule has 0 atom stereocenters. The van der Waals surface area contributed by atoms with Crippen LogP contribution in [-0.2, 0) is 5.75 Å². The maximum absolute atomic E-state index is 10.9. The molecule has 0 unspecified atom stereocenters. The highest BCUT2D eigenvalue weighted by Gasteiger charge is 2.09. The number of hydrogen-bond acceptors (Lipinski definition) is 3. The largest absolute Gasteiger partial charge is 0.478 e. The first-order chi connectivity index (χ1) is 10.1. The summed E-state index contributed by atoms with van der Waals surface area (Å²) < 4.78 is 2.03. The van der Waals surface area contributed by atoms with Crippen molar-refractivity contribution in [2.45, 2.75) is 43.4 Å². The number of thioether (sulfide) groups is 1. The van der Waals surface area contributed by atoms with E-state index in [4.69, 9.17) is 5.11 Å². The van der Waals surface area contributed by atoms with E-state index in [-0.39, 0.29) is 0 Å². The Labute approximate surface area is 129 Å². The van der Waals surface area contributed by atoms with Crippen LogP contribution in [-0.4, -0.2) is 20.9 Å². The number of carboxylic acid groups (broad SMARTS) is 1. The molecule has 0 amide bonds. The maximum Gasteiger partial charge on any atom is 0.335 e. The molecule has 1 heterocycles. The Morgan fingerprint density at radius 1 is 1.33 bits per heavy atom. The molecule has 0 radical (unpaired) electrons.